The molecule has 1 unspecified atom stereocenters. The van der Waals surface area contributed by atoms with Crippen molar-refractivity contribution in [2.24, 2.45) is 5.92 Å². The molecule has 5 nitrogen and oxygen atoms in total. The Bertz CT molecular complexity index is 830. The summed E-state index contributed by atoms with van der Waals surface area (Å²) in [5, 5.41) is 12.4. The average molecular weight is 366 g/mol. The number of benzene rings is 2. The highest BCUT2D eigenvalue weighted by atomic mass is 16.4. The summed E-state index contributed by atoms with van der Waals surface area (Å²) in [5.41, 5.74) is 3.40. The number of nitrogens with one attached hydrogen (secondary N) is 1. The molecule has 27 heavy (non-hydrogen) atoms. The summed E-state index contributed by atoms with van der Waals surface area (Å²) < 4.78 is 0. The van der Waals surface area contributed by atoms with E-state index in [4.69, 9.17) is 0 Å². The molecule has 5 heteroatoms. The Morgan fingerprint density at radius 1 is 1.19 bits per heavy atom. The van der Waals surface area contributed by atoms with Crippen LogP contribution in [0.25, 0.3) is 0 Å². The van der Waals surface area contributed by atoms with E-state index in [2.05, 4.69) is 17.1 Å². The van der Waals surface area contributed by atoms with Crippen LogP contribution in [0.3, 0.4) is 0 Å². The fraction of sp³-hybridized carbons (Fsp3) is 0.364. The molecule has 0 saturated carbocycles. The van der Waals surface area contributed by atoms with Gasteiger partial charge in [-0.2, -0.15) is 0 Å². The molecule has 1 heterocycles. The van der Waals surface area contributed by atoms with E-state index >= 15 is 0 Å². The molecular formula is C22H26N2O3. The first-order valence-electron chi connectivity index (χ1n) is 9.40. The molecule has 2 aromatic rings. The van der Waals surface area contributed by atoms with Crippen molar-refractivity contribution in [2.45, 2.75) is 33.1 Å². The van der Waals surface area contributed by atoms with Gasteiger partial charge in [-0.15, -0.1) is 0 Å². The van der Waals surface area contributed by atoms with Crippen LogP contribution in [-0.2, 0) is 11.2 Å². The largest absolute Gasteiger partial charge is 0.478 e. The zero-order valence-corrected chi connectivity index (χ0v) is 15.9. The van der Waals surface area contributed by atoms with Gasteiger partial charge in [0, 0.05) is 18.8 Å². The first-order chi connectivity index (χ1) is 12.9. The van der Waals surface area contributed by atoms with Crippen LogP contribution >= 0.6 is 0 Å². The summed E-state index contributed by atoms with van der Waals surface area (Å²) in [5.74, 6) is -0.658. The topological polar surface area (TPSA) is 69.6 Å². The van der Waals surface area contributed by atoms with Crippen LogP contribution in [0, 0.1) is 12.8 Å². The Morgan fingerprint density at radius 3 is 2.59 bits per heavy atom. The molecule has 1 aliphatic heterocycles. The minimum absolute atomic E-state index is 0.128. The van der Waals surface area contributed by atoms with Gasteiger partial charge in [0.25, 0.3) is 0 Å². The fourth-order valence-electron chi connectivity index (χ4n) is 3.52. The van der Waals surface area contributed by atoms with Gasteiger partial charge >= 0.3 is 5.97 Å². The van der Waals surface area contributed by atoms with Crippen LogP contribution in [0.5, 0.6) is 0 Å². The first kappa shape index (κ1) is 19.0. The standard InChI is InChI=1S/C22H26N2O3/c1-15-5-7-17(8-6-15)12-21(25)23-20-10-9-18(13-19(20)22(26)27)24-11-3-4-16(2)14-24/h5-10,13,16H,3-4,11-12,14H2,1-2H3,(H,23,25)(H,26,27). The molecule has 2 aromatic carbocycles. The molecule has 0 radical (unpaired) electrons. The Balaban J connectivity index is 1.75. The summed E-state index contributed by atoms with van der Waals surface area (Å²) in [4.78, 5) is 26.3. The number of anilines is 2. The molecule has 0 aromatic heterocycles. The lowest BCUT2D eigenvalue weighted by Gasteiger charge is -2.33. The number of carboxylic acid groups (broad SMARTS) is 1. The lowest BCUT2D eigenvalue weighted by atomic mass is 9.99. The van der Waals surface area contributed by atoms with Crippen molar-refractivity contribution in [2.75, 3.05) is 23.3 Å². The maximum Gasteiger partial charge on any atom is 0.337 e. The second kappa shape index (κ2) is 8.25. The highest BCUT2D eigenvalue weighted by molar-refractivity contribution is 6.01. The van der Waals surface area contributed by atoms with Crippen LogP contribution in [0.2, 0.25) is 0 Å². The summed E-state index contributed by atoms with van der Waals surface area (Å²) >= 11 is 0. The van der Waals surface area contributed by atoms with Crippen molar-refractivity contribution in [3.8, 4) is 0 Å². The van der Waals surface area contributed by atoms with Crippen LogP contribution in [0.1, 0.15) is 41.3 Å². The van der Waals surface area contributed by atoms with Crippen LogP contribution < -0.4 is 10.2 Å². The van der Waals surface area contributed by atoms with Crippen molar-refractivity contribution >= 4 is 23.3 Å². The summed E-state index contributed by atoms with van der Waals surface area (Å²) in [6.07, 6.45) is 2.53. The molecule has 1 amide bonds. The second-order valence-corrected chi connectivity index (χ2v) is 7.44. The molecule has 0 bridgehead atoms. The van der Waals surface area contributed by atoms with Crippen LogP contribution in [-0.4, -0.2) is 30.1 Å². The number of hydrogen-bond acceptors (Lipinski definition) is 3. The van der Waals surface area contributed by atoms with E-state index in [1.807, 2.05) is 37.3 Å². The highest BCUT2D eigenvalue weighted by Gasteiger charge is 2.20. The maximum atomic E-state index is 12.4. The number of carbonyl (C=O) groups excluding carboxylic acids is 1. The number of aromatic carboxylic acids is 1. The van der Waals surface area contributed by atoms with Crippen molar-refractivity contribution in [1.82, 2.24) is 0 Å². The minimum Gasteiger partial charge on any atom is -0.478 e. The Labute approximate surface area is 160 Å². The van der Waals surface area contributed by atoms with Gasteiger partial charge in [0.2, 0.25) is 5.91 Å². The number of piperidine rings is 1. The average Bonchev–Trinajstić information content (AvgIpc) is 2.63. The lowest BCUT2D eigenvalue weighted by Crippen LogP contribution is -2.34. The third kappa shape index (κ3) is 4.88. The van der Waals surface area contributed by atoms with E-state index in [1.54, 1.807) is 12.1 Å². The zero-order chi connectivity index (χ0) is 19.4. The van der Waals surface area contributed by atoms with E-state index in [0.717, 1.165) is 36.3 Å². The van der Waals surface area contributed by atoms with E-state index in [0.29, 0.717) is 11.6 Å². The van der Waals surface area contributed by atoms with Gasteiger partial charge in [-0.05, 0) is 49.4 Å². The van der Waals surface area contributed by atoms with Gasteiger partial charge in [0.05, 0.1) is 17.7 Å². The zero-order valence-electron chi connectivity index (χ0n) is 15.9. The van der Waals surface area contributed by atoms with Gasteiger partial charge < -0.3 is 15.3 Å². The van der Waals surface area contributed by atoms with Gasteiger partial charge in [-0.25, -0.2) is 4.79 Å². The number of rotatable bonds is 5. The summed E-state index contributed by atoms with van der Waals surface area (Å²) in [6, 6.07) is 13.0. The number of carbonyl (C=O) groups is 2. The van der Waals surface area contributed by atoms with Gasteiger partial charge in [0.1, 0.15) is 0 Å². The van der Waals surface area contributed by atoms with Crippen LogP contribution in [0.4, 0.5) is 11.4 Å². The summed E-state index contributed by atoms with van der Waals surface area (Å²) in [7, 11) is 0. The third-order valence-corrected chi connectivity index (χ3v) is 5.02. The second-order valence-electron chi connectivity index (χ2n) is 7.44. The van der Waals surface area contributed by atoms with Crippen LogP contribution in [0.15, 0.2) is 42.5 Å². The van der Waals surface area contributed by atoms with E-state index < -0.39 is 5.97 Å². The molecule has 0 spiro atoms. The molecule has 1 fully saturated rings. The minimum atomic E-state index is -1.03. The Morgan fingerprint density at radius 2 is 1.93 bits per heavy atom. The third-order valence-electron chi connectivity index (χ3n) is 5.02. The van der Waals surface area contributed by atoms with Gasteiger partial charge in [-0.1, -0.05) is 36.8 Å². The SMILES string of the molecule is Cc1ccc(CC(=O)Nc2ccc(N3CCCC(C)C3)cc2C(=O)O)cc1. The quantitative estimate of drug-likeness (QED) is 0.835. The van der Waals surface area contributed by atoms with E-state index in [-0.39, 0.29) is 17.9 Å². The van der Waals surface area contributed by atoms with Crippen molar-refractivity contribution < 1.29 is 14.7 Å². The molecule has 1 atom stereocenters. The molecule has 3 rings (SSSR count). The predicted octanol–water partition coefficient (Wildman–Crippen LogP) is 4.11. The normalized spacial score (nSPS) is 16.8. The molecule has 142 valence electrons. The number of nitrogens with zero attached hydrogens (tertiary/aromatic N) is 1. The molecular weight excluding hydrogens is 340 g/mol. The summed E-state index contributed by atoms with van der Waals surface area (Å²) in [6.45, 7) is 6.07. The van der Waals surface area contributed by atoms with Gasteiger partial charge in [-0.3, -0.25) is 4.79 Å². The van der Waals surface area contributed by atoms with E-state index in [1.165, 1.54) is 6.42 Å². The van der Waals surface area contributed by atoms with Crippen molar-refractivity contribution in [3.05, 3.63) is 59.2 Å². The number of hydrogen-bond donors (Lipinski definition) is 2. The van der Waals surface area contributed by atoms with Crippen molar-refractivity contribution in [3.63, 3.8) is 0 Å². The Hall–Kier alpha value is -2.82. The fourth-order valence-corrected chi connectivity index (χ4v) is 3.52. The maximum absolute atomic E-state index is 12.4. The molecule has 1 saturated heterocycles. The number of aryl methyl sites for hydroxylation is 1. The number of amides is 1. The van der Waals surface area contributed by atoms with E-state index in [9.17, 15) is 14.7 Å². The molecule has 0 aliphatic carbocycles. The monoisotopic (exact) mass is 366 g/mol. The molecule has 1 aliphatic rings. The molecule has 2 N–H and O–H groups in total. The number of carboxylic acids is 1. The predicted molar refractivity (Wildman–Crippen MR) is 108 cm³/mol. The van der Waals surface area contributed by atoms with Crippen molar-refractivity contribution in [1.29, 1.82) is 0 Å². The lowest BCUT2D eigenvalue weighted by molar-refractivity contribution is -0.115. The Kier molecular flexibility index (Phi) is 5.79. The van der Waals surface area contributed by atoms with Gasteiger partial charge in [0.15, 0.2) is 0 Å². The first-order valence-corrected chi connectivity index (χ1v) is 9.40. The highest BCUT2D eigenvalue weighted by Crippen LogP contribution is 2.27. The smallest absolute Gasteiger partial charge is 0.337 e.